The minimum atomic E-state index is 0.407. The first kappa shape index (κ1) is 14.6. The fraction of sp³-hybridized carbons (Fsp3) is 0.571. The largest absolute Gasteiger partial charge is 0.385 e. The van der Waals surface area contributed by atoms with Crippen molar-refractivity contribution in [3.63, 3.8) is 0 Å². The van der Waals surface area contributed by atoms with Gasteiger partial charge in [0.05, 0.1) is 0 Å². The van der Waals surface area contributed by atoms with Gasteiger partial charge in [0.1, 0.15) is 0 Å². The van der Waals surface area contributed by atoms with Crippen LogP contribution in [-0.2, 0) is 4.74 Å². The summed E-state index contributed by atoms with van der Waals surface area (Å²) in [6.45, 7) is 5.26. The summed E-state index contributed by atoms with van der Waals surface area (Å²) in [6.07, 6.45) is 1.09. The molecule has 0 aliphatic heterocycles. The number of thioether (sulfide) groups is 1. The average molecular weight is 253 g/mol. The van der Waals surface area contributed by atoms with E-state index in [0.29, 0.717) is 11.3 Å². The normalized spacial score (nSPS) is 14.6. The fourth-order valence-electron chi connectivity index (χ4n) is 1.60. The molecule has 96 valence electrons. The van der Waals surface area contributed by atoms with Crippen molar-refractivity contribution in [2.24, 2.45) is 0 Å². The summed E-state index contributed by atoms with van der Waals surface area (Å²) in [5.41, 5.74) is 1.34. The number of hydrogen-bond donors (Lipinski definition) is 1. The van der Waals surface area contributed by atoms with Gasteiger partial charge in [-0.25, -0.2) is 0 Å². The molecule has 0 aliphatic rings. The van der Waals surface area contributed by atoms with Crippen LogP contribution in [0.5, 0.6) is 0 Å². The Morgan fingerprint density at radius 2 is 2.12 bits per heavy atom. The molecule has 0 radical (unpaired) electrons. The van der Waals surface area contributed by atoms with Gasteiger partial charge in [0.15, 0.2) is 0 Å². The minimum absolute atomic E-state index is 0.407. The second kappa shape index (κ2) is 7.75. The molecule has 0 fully saturated rings. The summed E-state index contributed by atoms with van der Waals surface area (Å²) in [6, 6.07) is 9.17. The lowest BCUT2D eigenvalue weighted by Crippen LogP contribution is -2.12. The molecular weight excluding hydrogens is 230 g/mol. The van der Waals surface area contributed by atoms with E-state index in [-0.39, 0.29) is 0 Å². The molecule has 2 unspecified atom stereocenters. The molecule has 0 amide bonds. The molecule has 1 N–H and O–H groups in total. The molecule has 1 aromatic carbocycles. The highest BCUT2D eigenvalue weighted by atomic mass is 32.2. The Balaban J connectivity index is 2.59. The molecule has 3 heteroatoms. The van der Waals surface area contributed by atoms with Crippen LogP contribution < -0.4 is 5.32 Å². The summed E-state index contributed by atoms with van der Waals surface area (Å²) in [4.78, 5) is 1.34. The number of benzene rings is 1. The first-order valence-corrected chi connectivity index (χ1v) is 6.98. The van der Waals surface area contributed by atoms with Crippen LogP contribution in [0, 0.1) is 0 Å². The number of methoxy groups -OCH3 is 1. The fourth-order valence-corrected chi connectivity index (χ4v) is 2.64. The predicted molar refractivity (Wildman–Crippen MR) is 75.7 cm³/mol. The number of nitrogens with one attached hydrogen (secondary N) is 1. The molecule has 2 atom stereocenters. The van der Waals surface area contributed by atoms with Gasteiger partial charge in [-0.15, -0.1) is 11.8 Å². The van der Waals surface area contributed by atoms with Gasteiger partial charge in [0.2, 0.25) is 0 Å². The van der Waals surface area contributed by atoms with E-state index < -0.39 is 0 Å². The first-order valence-electron chi connectivity index (χ1n) is 6.10. The van der Waals surface area contributed by atoms with E-state index in [1.54, 1.807) is 7.11 Å². The van der Waals surface area contributed by atoms with Gasteiger partial charge in [0.25, 0.3) is 0 Å². The van der Waals surface area contributed by atoms with E-state index in [1.807, 2.05) is 18.8 Å². The van der Waals surface area contributed by atoms with Crippen LogP contribution >= 0.6 is 11.8 Å². The molecule has 0 aliphatic carbocycles. The second-order valence-corrected chi connectivity index (χ2v) is 5.80. The van der Waals surface area contributed by atoms with Gasteiger partial charge in [-0.2, -0.15) is 0 Å². The van der Waals surface area contributed by atoms with Crippen molar-refractivity contribution in [1.82, 2.24) is 5.32 Å². The molecule has 0 heterocycles. The standard InChI is InChI=1S/C14H23NOS/c1-11(8-9-16-4)17-14-7-5-6-13(10-14)12(2)15-3/h5-7,10-12,15H,8-9H2,1-4H3. The van der Waals surface area contributed by atoms with Crippen molar-refractivity contribution in [3.05, 3.63) is 29.8 Å². The number of hydrogen-bond acceptors (Lipinski definition) is 3. The van der Waals surface area contributed by atoms with E-state index in [1.165, 1.54) is 10.5 Å². The lowest BCUT2D eigenvalue weighted by molar-refractivity contribution is 0.195. The monoisotopic (exact) mass is 253 g/mol. The maximum atomic E-state index is 5.11. The van der Waals surface area contributed by atoms with E-state index in [0.717, 1.165) is 13.0 Å². The third-order valence-electron chi connectivity index (χ3n) is 2.86. The molecular formula is C14H23NOS. The van der Waals surface area contributed by atoms with Crippen LogP contribution in [0.4, 0.5) is 0 Å². The maximum absolute atomic E-state index is 5.11. The number of rotatable bonds is 7. The Bertz CT molecular complexity index is 330. The van der Waals surface area contributed by atoms with Gasteiger partial charge < -0.3 is 10.1 Å². The second-order valence-electron chi connectivity index (χ2n) is 4.29. The maximum Gasteiger partial charge on any atom is 0.0472 e. The topological polar surface area (TPSA) is 21.3 Å². The molecule has 0 bridgehead atoms. The third kappa shape index (κ3) is 5.11. The lowest BCUT2D eigenvalue weighted by Gasteiger charge is -2.14. The predicted octanol–water partition coefficient (Wildman–Crippen LogP) is 3.48. The third-order valence-corrected chi connectivity index (χ3v) is 4.02. The highest BCUT2D eigenvalue weighted by Crippen LogP contribution is 2.27. The molecule has 17 heavy (non-hydrogen) atoms. The van der Waals surface area contributed by atoms with Crippen molar-refractivity contribution in [2.75, 3.05) is 20.8 Å². The van der Waals surface area contributed by atoms with Gasteiger partial charge in [-0.05, 0) is 38.1 Å². The van der Waals surface area contributed by atoms with Crippen molar-refractivity contribution >= 4 is 11.8 Å². The zero-order valence-electron chi connectivity index (χ0n) is 11.2. The Labute approximate surface area is 109 Å². The minimum Gasteiger partial charge on any atom is -0.385 e. The van der Waals surface area contributed by atoms with E-state index in [4.69, 9.17) is 4.74 Å². The van der Waals surface area contributed by atoms with Gasteiger partial charge >= 0.3 is 0 Å². The van der Waals surface area contributed by atoms with Crippen LogP contribution in [0.1, 0.15) is 31.9 Å². The van der Waals surface area contributed by atoms with Crippen molar-refractivity contribution < 1.29 is 4.74 Å². The Kier molecular flexibility index (Phi) is 6.63. The average Bonchev–Trinajstić information content (AvgIpc) is 2.35. The molecule has 0 saturated carbocycles. The van der Waals surface area contributed by atoms with Gasteiger partial charge in [0, 0.05) is 29.9 Å². The molecule has 0 aromatic heterocycles. The van der Waals surface area contributed by atoms with Crippen molar-refractivity contribution in [1.29, 1.82) is 0 Å². The lowest BCUT2D eigenvalue weighted by atomic mass is 10.1. The Morgan fingerprint density at radius 3 is 2.76 bits per heavy atom. The van der Waals surface area contributed by atoms with Crippen LogP contribution in [0.2, 0.25) is 0 Å². The van der Waals surface area contributed by atoms with Gasteiger partial charge in [-0.3, -0.25) is 0 Å². The SMILES string of the molecule is CNC(C)c1cccc(SC(C)CCOC)c1. The Morgan fingerprint density at radius 1 is 1.35 bits per heavy atom. The highest BCUT2D eigenvalue weighted by molar-refractivity contribution is 7.99. The molecule has 1 rings (SSSR count). The summed E-state index contributed by atoms with van der Waals surface area (Å²) < 4.78 is 5.11. The van der Waals surface area contributed by atoms with E-state index >= 15 is 0 Å². The molecule has 0 saturated heterocycles. The zero-order valence-corrected chi connectivity index (χ0v) is 12.0. The van der Waals surface area contributed by atoms with E-state index in [2.05, 4.69) is 43.4 Å². The van der Waals surface area contributed by atoms with Crippen molar-refractivity contribution in [3.8, 4) is 0 Å². The van der Waals surface area contributed by atoms with Crippen LogP contribution in [0.15, 0.2) is 29.2 Å². The summed E-state index contributed by atoms with van der Waals surface area (Å²) >= 11 is 1.92. The first-order chi connectivity index (χ1) is 8.17. The van der Waals surface area contributed by atoms with Crippen LogP contribution in [0.3, 0.4) is 0 Å². The van der Waals surface area contributed by atoms with Crippen LogP contribution in [0.25, 0.3) is 0 Å². The smallest absolute Gasteiger partial charge is 0.0472 e. The quantitative estimate of drug-likeness (QED) is 0.752. The summed E-state index contributed by atoms with van der Waals surface area (Å²) in [5, 5.41) is 3.86. The van der Waals surface area contributed by atoms with Gasteiger partial charge in [-0.1, -0.05) is 19.1 Å². The van der Waals surface area contributed by atoms with E-state index in [9.17, 15) is 0 Å². The highest BCUT2D eigenvalue weighted by Gasteiger charge is 2.07. The zero-order chi connectivity index (χ0) is 12.7. The van der Waals surface area contributed by atoms with Crippen molar-refractivity contribution in [2.45, 2.75) is 36.5 Å². The Hall–Kier alpha value is -0.510. The molecule has 1 aromatic rings. The summed E-state index contributed by atoms with van der Waals surface area (Å²) in [7, 11) is 3.75. The molecule has 0 spiro atoms. The molecule has 2 nitrogen and oxygen atoms in total. The van der Waals surface area contributed by atoms with Crippen LogP contribution in [-0.4, -0.2) is 26.0 Å². The summed E-state index contributed by atoms with van der Waals surface area (Å²) in [5.74, 6) is 0. The number of ether oxygens (including phenoxy) is 1.